The van der Waals surface area contributed by atoms with Gasteiger partial charge in [-0.25, -0.2) is 4.98 Å². The lowest BCUT2D eigenvalue weighted by Crippen LogP contribution is -2.29. The number of benzene rings is 1. The van der Waals surface area contributed by atoms with Crippen LogP contribution in [0.3, 0.4) is 0 Å². The third-order valence-corrected chi connectivity index (χ3v) is 5.51. The number of nitrogens with zero attached hydrogens (tertiary/aromatic N) is 4. The molecule has 1 fully saturated rings. The normalized spacial score (nSPS) is 16.1. The molecule has 0 aliphatic carbocycles. The molecule has 4 rings (SSSR count). The number of aryl methyl sites for hydroxylation is 3. The van der Waals surface area contributed by atoms with E-state index in [0.29, 0.717) is 29.3 Å². The van der Waals surface area contributed by atoms with E-state index in [-0.39, 0.29) is 29.7 Å². The summed E-state index contributed by atoms with van der Waals surface area (Å²) in [6, 6.07) is 9.34. The molecule has 1 aromatic carbocycles. The summed E-state index contributed by atoms with van der Waals surface area (Å²) >= 11 is 0. The van der Waals surface area contributed by atoms with Crippen molar-refractivity contribution in [1.29, 1.82) is 0 Å². The van der Waals surface area contributed by atoms with Gasteiger partial charge in [0.2, 0.25) is 17.8 Å². The van der Waals surface area contributed by atoms with Crippen LogP contribution in [0.4, 0.5) is 11.5 Å². The number of amides is 2. The Hall–Kier alpha value is -3.75. The Morgan fingerprint density at radius 1 is 1.13 bits per heavy atom. The van der Waals surface area contributed by atoms with E-state index < -0.39 is 5.92 Å². The third kappa shape index (κ3) is 3.98. The minimum Gasteiger partial charge on any atom is -0.312 e. The van der Waals surface area contributed by atoms with Crippen molar-refractivity contribution in [3.05, 3.63) is 63.2 Å². The van der Waals surface area contributed by atoms with Crippen LogP contribution in [-0.2, 0) is 9.59 Å². The smallest absolute Gasteiger partial charge is 0.255 e. The number of aromatic amines is 1. The van der Waals surface area contributed by atoms with Crippen LogP contribution in [-0.4, -0.2) is 38.1 Å². The van der Waals surface area contributed by atoms with E-state index in [1.165, 1.54) is 4.68 Å². The molecule has 9 heteroatoms. The molecule has 1 aliphatic rings. The summed E-state index contributed by atoms with van der Waals surface area (Å²) in [5.41, 5.74) is 3.39. The highest BCUT2D eigenvalue weighted by Crippen LogP contribution is 2.26. The third-order valence-electron chi connectivity index (χ3n) is 5.51. The number of rotatable bonds is 4. The number of nitrogens with one attached hydrogen (secondary N) is 2. The molecule has 0 saturated carbocycles. The number of H-pyrrole nitrogens is 1. The Balaban J connectivity index is 1.55. The van der Waals surface area contributed by atoms with Gasteiger partial charge in [0, 0.05) is 36.0 Å². The minimum atomic E-state index is -0.496. The van der Waals surface area contributed by atoms with Crippen molar-refractivity contribution >= 4 is 23.3 Å². The van der Waals surface area contributed by atoms with E-state index in [1.807, 2.05) is 31.2 Å². The lowest BCUT2D eigenvalue weighted by atomic mass is 10.1. The monoisotopic (exact) mass is 420 g/mol. The number of carbonyl (C=O) groups is 2. The van der Waals surface area contributed by atoms with Gasteiger partial charge in [0.25, 0.3) is 5.56 Å². The van der Waals surface area contributed by atoms with Gasteiger partial charge in [-0.15, -0.1) is 0 Å². The molecule has 0 bridgehead atoms. The summed E-state index contributed by atoms with van der Waals surface area (Å²) in [6.07, 6.45) is 0.131. The van der Waals surface area contributed by atoms with Crippen molar-refractivity contribution in [2.75, 3.05) is 16.8 Å². The van der Waals surface area contributed by atoms with Gasteiger partial charge < -0.3 is 10.2 Å². The molecule has 2 N–H and O–H groups in total. The SMILES string of the molecule is Cc1ccc(N2CC(C(=O)Nc3cc(C)nn3-c3nc(C)c(C)c(=O)[nH]3)CC2=O)cc1. The van der Waals surface area contributed by atoms with Crippen molar-refractivity contribution in [2.45, 2.75) is 34.1 Å². The Bertz CT molecular complexity index is 1230. The quantitative estimate of drug-likeness (QED) is 0.672. The maximum atomic E-state index is 12.9. The van der Waals surface area contributed by atoms with Gasteiger partial charge in [0.05, 0.1) is 11.6 Å². The van der Waals surface area contributed by atoms with Crippen molar-refractivity contribution in [2.24, 2.45) is 5.92 Å². The highest BCUT2D eigenvalue weighted by Gasteiger charge is 2.35. The topological polar surface area (TPSA) is 113 Å². The van der Waals surface area contributed by atoms with Gasteiger partial charge >= 0.3 is 0 Å². The fourth-order valence-corrected chi connectivity index (χ4v) is 3.57. The van der Waals surface area contributed by atoms with Gasteiger partial charge in [-0.05, 0) is 39.8 Å². The van der Waals surface area contributed by atoms with E-state index in [4.69, 9.17) is 0 Å². The number of hydrogen-bond acceptors (Lipinski definition) is 5. The standard InChI is InChI=1S/C22H24N6O3/c1-12-5-7-17(8-6-12)27-11-16(10-19(27)29)21(31)24-18-9-13(2)26-28(18)22-23-15(4)14(3)20(30)25-22/h5-9,16H,10-11H2,1-4H3,(H,24,31)(H,23,25,30). The van der Waals surface area contributed by atoms with E-state index in [1.54, 1.807) is 31.7 Å². The number of anilines is 2. The Labute approximate surface area is 179 Å². The first kappa shape index (κ1) is 20.5. The first-order chi connectivity index (χ1) is 14.7. The molecule has 3 aromatic rings. The highest BCUT2D eigenvalue weighted by atomic mass is 16.2. The molecular formula is C22H24N6O3. The first-order valence-electron chi connectivity index (χ1n) is 10.1. The molecule has 3 heterocycles. The second-order valence-electron chi connectivity index (χ2n) is 7.91. The van der Waals surface area contributed by atoms with E-state index >= 15 is 0 Å². The molecule has 2 aromatic heterocycles. The highest BCUT2D eigenvalue weighted by molar-refractivity contribution is 6.03. The van der Waals surface area contributed by atoms with Crippen LogP contribution in [0, 0.1) is 33.6 Å². The van der Waals surface area contributed by atoms with E-state index in [0.717, 1.165) is 11.3 Å². The van der Waals surface area contributed by atoms with Gasteiger partial charge in [-0.2, -0.15) is 9.78 Å². The summed E-state index contributed by atoms with van der Waals surface area (Å²) in [5, 5.41) is 7.20. The lowest BCUT2D eigenvalue weighted by molar-refractivity contribution is -0.122. The Morgan fingerprint density at radius 3 is 2.52 bits per heavy atom. The number of aromatic nitrogens is 4. The summed E-state index contributed by atoms with van der Waals surface area (Å²) < 4.78 is 1.40. The van der Waals surface area contributed by atoms with Crippen LogP contribution < -0.4 is 15.8 Å². The van der Waals surface area contributed by atoms with Crippen LogP contribution in [0.5, 0.6) is 0 Å². The lowest BCUT2D eigenvalue weighted by Gasteiger charge is -2.17. The molecule has 1 saturated heterocycles. The van der Waals surface area contributed by atoms with E-state index in [9.17, 15) is 14.4 Å². The number of carbonyl (C=O) groups excluding carboxylic acids is 2. The maximum absolute atomic E-state index is 12.9. The van der Waals surface area contributed by atoms with Crippen LogP contribution in [0.1, 0.15) is 28.9 Å². The molecule has 0 spiro atoms. The second kappa shape index (κ2) is 7.82. The molecular weight excluding hydrogens is 396 g/mol. The van der Waals surface area contributed by atoms with Gasteiger partial charge in [-0.3, -0.25) is 19.4 Å². The summed E-state index contributed by atoms with van der Waals surface area (Å²) in [7, 11) is 0. The average molecular weight is 420 g/mol. The van der Waals surface area contributed by atoms with Gasteiger partial charge in [0.15, 0.2) is 0 Å². The average Bonchev–Trinajstić information content (AvgIpc) is 3.29. The maximum Gasteiger partial charge on any atom is 0.255 e. The van der Waals surface area contributed by atoms with Crippen LogP contribution in [0.2, 0.25) is 0 Å². The fraction of sp³-hybridized carbons (Fsp3) is 0.318. The Kier molecular flexibility index (Phi) is 5.18. The molecule has 1 aliphatic heterocycles. The van der Waals surface area contributed by atoms with E-state index in [2.05, 4.69) is 20.4 Å². The molecule has 1 atom stereocenters. The zero-order chi connectivity index (χ0) is 22.3. The zero-order valence-electron chi connectivity index (χ0n) is 17.9. The van der Waals surface area contributed by atoms with Crippen LogP contribution in [0.25, 0.3) is 5.95 Å². The summed E-state index contributed by atoms with van der Waals surface area (Å²) in [5.74, 6) is -0.260. The largest absolute Gasteiger partial charge is 0.312 e. The fourth-order valence-electron chi connectivity index (χ4n) is 3.57. The molecule has 160 valence electrons. The zero-order valence-corrected chi connectivity index (χ0v) is 17.9. The predicted molar refractivity (Wildman–Crippen MR) is 116 cm³/mol. The summed E-state index contributed by atoms with van der Waals surface area (Å²) in [6.45, 7) is 7.50. The predicted octanol–water partition coefficient (Wildman–Crippen LogP) is 2.18. The van der Waals surface area contributed by atoms with Gasteiger partial charge in [-0.1, -0.05) is 17.7 Å². The first-order valence-corrected chi connectivity index (χ1v) is 10.1. The summed E-state index contributed by atoms with van der Waals surface area (Å²) in [4.78, 5) is 46.3. The molecule has 9 nitrogen and oxygen atoms in total. The van der Waals surface area contributed by atoms with Crippen LogP contribution in [0.15, 0.2) is 35.1 Å². The van der Waals surface area contributed by atoms with Crippen LogP contribution >= 0.6 is 0 Å². The van der Waals surface area contributed by atoms with Crippen molar-refractivity contribution in [3.63, 3.8) is 0 Å². The second-order valence-corrected chi connectivity index (χ2v) is 7.91. The molecule has 1 unspecified atom stereocenters. The van der Waals surface area contributed by atoms with Gasteiger partial charge in [0.1, 0.15) is 5.82 Å². The van der Waals surface area contributed by atoms with Crippen molar-refractivity contribution < 1.29 is 9.59 Å². The van der Waals surface area contributed by atoms with Crippen molar-refractivity contribution in [1.82, 2.24) is 19.7 Å². The number of hydrogen-bond donors (Lipinski definition) is 2. The molecule has 0 radical (unpaired) electrons. The minimum absolute atomic E-state index is 0.0890. The molecule has 2 amide bonds. The molecule has 31 heavy (non-hydrogen) atoms. The van der Waals surface area contributed by atoms with Crippen molar-refractivity contribution in [3.8, 4) is 5.95 Å². The Morgan fingerprint density at radius 2 is 1.84 bits per heavy atom.